The van der Waals surface area contributed by atoms with E-state index in [-0.39, 0.29) is 24.3 Å². The van der Waals surface area contributed by atoms with Gasteiger partial charge >= 0.3 is 5.97 Å². The average molecular weight is 472 g/mol. The summed E-state index contributed by atoms with van der Waals surface area (Å²) in [6.45, 7) is 1.79. The number of benzene rings is 2. The molecule has 3 rings (SSSR count). The summed E-state index contributed by atoms with van der Waals surface area (Å²) in [4.78, 5) is 36.2. The van der Waals surface area contributed by atoms with Gasteiger partial charge in [-0.15, -0.1) is 0 Å². The van der Waals surface area contributed by atoms with Crippen molar-refractivity contribution < 1.29 is 19.4 Å². The van der Waals surface area contributed by atoms with E-state index in [1.54, 1.807) is 6.92 Å². The lowest BCUT2D eigenvalue weighted by Crippen LogP contribution is -2.41. The monoisotopic (exact) mass is 471 g/mol. The van der Waals surface area contributed by atoms with E-state index in [0.29, 0.717) is 11.4 Å². The zero-order chi connectivity index (χ0) is 24.0. The van der Waals surface area contributed by atoms with E-state index in [0.717, 1.165) is 16.7 Å². The van der Waals surface area contributed by atoms with Crippen molar-refractivity contribution in [1.82, 2.24) is 15.1 Å². The van der Waals surface area contributed by atoms with E-state index < -0.39 is 24.0 Å². The van der Waals surface area contributed by atoms with Crippen molar-refractivity contribution in [1.29, 1.82) is 0 Å². The Kier molecular flexibility index (Phi) is 8.08. The number of carbonyl (C=O) groups is 2. The number of halogens is 1. The van der Waals surface area contributed by atoms with Crippen LogP contribution < -0.4 is 10.9 Å². The summed E-state index contributed by atoms with van der Waals surface area (Å²) in [5, 5.41) is 16.4. The molecule has 1 amide bonds. The zero-order valence-corrected chi connectivity index (χ0v) is 19.1. The summed E-state index contributed by atoms with van der Waals surface area (Å²) < 4.78 is 6.06. The first-order valence-electron chi connectivity index (χ1n) is 10.5. The number of esters is 1. The number of aliphatic hydroxyl groups excluding tert-OH is 1. The van der Waals surface area contributed by atoms with Gasteiger partial charge in [0.25, 0.3) is 11.5 Å². The quantitative estimate of drug-likeness (QED) is 0.415. The number of aromatic nitrogens is 2. The standard InChI is InChI=1S/C24H26ClN3O5/c1-3-33-24(32)21(29)13-19(26-23(31)20-14-22(30)28(2)27-20)11-15-7-9-16(10-8-15)17-5-4-6-18(25)12-17/h4-10,12,14,19,21,27,29H,3,11,13H2,1-2H3,(H,26,31). The molecule has 8 nitrogen and oxygen atoms in total. The van der Waals surface area contributed by atoms with E-state index in [1.165, 1.54) is 17.8 Å². The van der Waals surface area contributed by atoms with Crippen LogP contribution in [0, 0.1) is 0 Å². The molecule has 1 heterocycles. The maximum absolute atomic E-state index is 12.7. The number of rotatable bonds is 9. The molecule has 174 valence electrons. The third-order valence-corrected chi connectivity index (χ3v) is 5.36. The highest BCUT2D eigenvalue weighted by Crippen LogP contribution is 2.23. The molecule has 2 unspecified atom stereocenters. The predicted octanol–water partition coefficient (Wildman–Crippen LogP) is 2.69. The van der Waals surface area contributed by atoms with Crippen molar-refractivity contribution in [2.45, 2.75) is 31.9 Å². The Morgan fingerprint density at radius 2 is 1.88 bits per heavy atom. The zero-order valence-electron chi connectivity index (χ0n) is 18.4. The van der Waals surface area contributed by atoms with Crippen molar-refractivity contribution in [3.8, 4) is 11.1 Å². The first-order valence-corrected chi connectivity index (χ1v) is 10.9. The molecule has 0 spiro atoms. The molecular formula is C24H26ClN3O5. The molecule has 0 bridgehead atoms. The van der Waals surface area contributed by atoms with Crippen LogP contribution in [0.3, 0.4) is 0 Å². The van der Waals surface area contributed by atoms with E-state index >= 15 is 0 Å². The van der Waals surface area contributed by atoms with E-state index in [2.05, 4.69) is 10.4 Å². The Labute approximate surface area is 196 Å². The summed E-state index contributed by atoms with van der Waals surface area (Å²) >= 11 is 6.08. The Morgan fingerprint density at radius 1 is 1.15 bits per heavy atom. The predicted molar refractivity (Wildman–Crippen MR) is 125 cm³/mol. The van der Waals surface area contributed by atoms with E-state index in [4.69, 9.17) is 16.3 Å². The van der Waals surface area contributed by atoms with Gasteiger partial charge < -0.3 is 15.2 Å². The second-order valence-corrected chi connectivity index (χ2v) is 8.09. The molecule has 3 N–H and O–H groups in total. The number of ether oxygens (including phenoxy) is 1. The molecule has 0 saturated heterocycles. The van der Waals surface area contributed by atoms with Gasteiger partial charge in [-0.1, -0.05) is 48.0 Å². The largest absolute Gasteiger partial charge is 0.464 e. The maximum atomic E-state index is 12.7. The fourth-order valence-electron chi connectivity index (χ4n) is 3.45. The number of amides is 1. The first kappa shape index (κ1) is 24.3. The van der Waals surface area contributed by atoms with E-state index in [9.17, 15) is 19.5 Å². The van der Waals surface area contributed by atoms with Crippen molar-refractivity contribution in [2.75, 3.05) is 6.61 Å². The van der Waals surface area contributed by atoms with Crippen molar-refractivity contribution >= 4 is 23.5 Å². The van der Waals surface area contributed by atoms with Crippen LogP contribution in [-0.4, -0.2) is 45.5 Å². The van der Waals surface area contributed by atoms with Crippen molar-refractivity contribution in [3.63, 3.8) is 0 Å². The van der Waals surface area contributed by atoms with Crippen LogP contribution in [0.15, 0.2) is 59.4 Å². The fourth-order valence-corrected chi connectivity index (χ4v) is 3.64. The van der Waals surface area contributed by atoms with Crippen LogP contribution in [0.2, 0.25) is 5.02 Å². The van der Waals surface area contributed by atoms with Gasteiger partial charge in [0.1, 0.15) is 5.69 Å². The number of nitrogens with one attached hydrogen (secondary N) is 2. The van der Waals surface area contributed by atoms with Crippen LogP contribution >= 0.6 is 11.6 Å². The number of aliphatic hydroxyl groups is 1. The van der Waals surface area contributed by atoms with Crippen LogP contribution in [0.25, 0.3) is 11.1 Å². The normalized spacial score (nSPS) is 12.7. The summed E-state index contributed by atoms with van der Waals surface area (Å²) in [6, 6.07) is 15.8. The molecule has 0 radical (unpaired) electrons. The Hall–Kier alpha value is -3.36. The second kappa shape index (κ2) is 11.0. The molecule has 0 fully saturated rings. The lowest BCUT2D eigenvalue weighted by molar-refractivity contribution is -0.153. The summed E-state index contributed by atoms with van der Waals surface area (Å²) in [7, 11) is 1.50. The SMILES string of the molecule is CCOC(=O)C(O)CC(Cc1ccc(-c2cccc(Cl)c2)cc1)NC(=O)c1cc(=O)n(C)[nH]1. The minimum Gasteiger partial charge on any atom is -0.464 e. The summed E-state index contributed by atoms with van der Waals surface area (Å²) in [5.74, 6) is -1.26. The molecule has 2 atom stereocenters. The van der Waals surface area contributed by atoms with Gasteiger partial charge in [0, 0.05) is 30.6 Å². The Morgan fingerprint density at radius 3 is 2.48 bits per heavy atom. The van der Waals surface area contributed by atoms with Crippen molar-refractivity contribution in [3.05, 3.63) is 81.2 Å². The number of hydrogen-bond donors (Lipinski definition) is 3. The van der Waals surface area contributed by atoms with Gasteiger partial charge in [-0.2, -0.15) is 0 Å². The molecule has 2 aromatic carbocycles. The van der Waals surface area contributed by atoms with Gasteiger partial charge in [-0.25, -0.2) is 4.79 Å². The third kappa shape index (κ3) is 6.57. The highest BCUT2D eigenvalue weighted by Gasteiger charge is 2.24. The maximum Gasteiger partial charge on any atom is 0.335 e. The molecule has 33 heavy (non-hydrogen) atoms. The lowest BCUT2D eigenvalue weighted by atomic mass is 9.97. The topological polar surface area (TPSA) is 113 Å². The van der Waals surface area contributed by atoms with Crippen LogP contribution in [0.1, 0.15) is 29.4 Å². The Bertz CT molecular complexity index is 1170. The highest BCUT2D eigenvalue weighted by molar-refractivity contribution is 6.30. The molecule has 0 aliphatic heterocycles. The number of aromatic amines is 1. The molecular weight excluding hydrogens is 446 g/mol. The number of H-pyrrole nitrogens is 1. The molecule has 0 aliphatic carbocycles. The summed E-state index contributed by atoms with van der Waals surface area (Å²) in [6.07, 6.45) is -1.08. The van der Waals surface area contributed by atoms with Gasteiger partial charge in [-0.05, 0) is 42.2 Å². The average Bonchev–Trinajstić information content (AvgIpc) is 3.13. The number of aryl methyl sites for hydroxylation is 1. The number of hydrogen-bond acceptors (Lipinski definition) is 5. The van der Waals surface area contributed by atoms with Gasteiger partial charge in [0.05, 0.1) is 6.61 Å². The second-order valence-electron chi connectivity index (χ2n) is 7.65. The minimum absolute atomic E-state index is 0.0440. The molecule has 9 heteroatoms. The van der Waals surface area contributed by atoms with E-state index in [1.807, 2.05) is 48.5 Å². The van der Waals surface area contributed by atoms with Crippen LogP contribution in [0.4, 0.5) is 0 Å². The van der Waals surface area contributed by atoms with Crippen molar-refractivity contribution in [2.24, 2.45) is 7.05 Å². The van der Waals surface area contributed by atoms with Crippen LogP contribution in [0.5, 0.6) is 0 Å². The summed E-state index contributed by atoms with van der Waals surface area (Å²) in [5.41, 5.74) is 2.60. The molecule has 0 saturated carbocycles. The third-order valence-electron chi connectivity index (χ3n) is 5.13. The molecule has 3 aromatic rings. The van der Waals surface area contributed by atoms with Crippen LogP contribution in [-0.2, 0) is 23.0 Å². The Balaban J connectivity index is 1.77. The number of carbonyl (C=O) groups excluding carboxylic acids is 2. The van der Waals surface area contributed by atoms with Gasteiger partial charge in [-0.3, -0.25) is 19.4 Å². The highest BCUT2D eigenvalue weighted by atomic mass is 35.5. The molecule has 1 aromatic heterocycles. The van der Waals surface area contributed by atoms with Gasteiger partial charge in [0.15, 0.2) is 6.10 Å². The number of nitrogens with zero attached hydrogens (tertiary/aromatic N) is 1. The smallest absolute Gasteiger partial charge is 0.335 e. The fraction of sp³-hybridized carbons (Fsp3) is 0.292. The molecule has 0 aliphatic rings. The lowest BCUT2D eigenvalue weighted by Gasteiger charge is -2.21. The minimum atomic E-state index is -1.39. The van der Waals surface area contributed by atoms with Gasteiger partial charge in [0.2, 0.25) is 0 Å². The first-order chi connectivity index (χ1) is 15.8.